The van der Waals surface area contributed by atoms with Gasteiger partial charge in [-0.25, -0.2) is 14.5 Å². The first-order chi connectivity index (χ1) is 11.6. The highest BCUT2D eigenvalue weighted by Crippen LogP contribution is 2.43. The largest absolute Gasteiger partial charge is 0.452 e. The van der Waals surface area contributed by atoms with Gasteiger partial charge in [0.2, 0.25) is 0 Å². The van der Waals surface area contributed by atoms with E-state index >= 15 is 0 Å². The first-order valence-electron chi connectivity index (χ1n) is 7.62. The standard InChI is InChI=1S/C16H17NO5S2/c18-13(17-6-7-21-16(17)20)10-22-14(19)11-2-4-12(5-3-11)15-23-8-1-9-24-15/h2-5,15H,1,6-10H2. The molecular weight excluding hydrogens is 350 g/mol. The molecule has 0 unspecified atom stereocenters. The SMILES string of the molecule is O=C(OCC(=O)N1CCOC1=O)c1ccc(C2SCCCS2)cc1. The molecular formula is C16H17NO5S2. The normalized spacial score (nSPS) is 18.3. The molecule has 2 aliphatic rings. The number of thioether (sulfide) groups is 2. The molecule has 6 nitrogen and oxygen atoms in total. The quantitative estimate of drug-likeness (QED) is 0.758. The minimum atomic E-state index is -0.692. The molecule has 24 heavy (non-hydrogen) atoms. The van der Waals surface area contributed by atoms with E-state index in [1.54, 1.807) is 12.1 Å². The number of nitrogens with zero attached hydrogens (tertiary/aromatic N) is 1. The number of rotatable bonds is 4. The fourth-order valence-electron chi connectivity index (χ4n) is 2.37. The maximum atomic E-state index is 12.0. The van der Waals surface area contributed by atoms with Crippen molar-refractivity contribution in [2.75, 3.05) is 31.3 Å². The number of carbonyl (C=O) groups excluding carboxylic acids is 3. The molecule has 0 radical (unpaired) electrons. The van der Waals surface area contributed by atoms with Crippen LogP contribution >= 0.6 is 23.5 Å². The van der Waals surface area contributed by atoms with Gasteiger partial charge in [0, 0.05) is 0 Å². The van der Waals surface area contributed by atoms with Crippen LogP contribution in [0.5, 0.6) is 0 Å². The topological polar surface area (TPSA) is 72.9 Å². The number of hydrogen-bond acceptors (Lipinski definition) is 7. The Bertz CT molecular complexity index is 628. The molecule has 2 heterocycles. The van der Waals surface area contributed by atoms with E-state index in [-0.39, 0.29) is 13.2 Å². The zero-order valence-corrected chi connectivity index (χ0v) is 14.6. The van der Waals surface area contributed by atoms with Crippen LogP contribution in [0, 0.1) is 0 Å². The van der Waals surface area contributed by atoms with Crippen molar-refractivity contribution in [3.63, 3.8) is 0 Å². The Morgan fingerprint density at radius 2 is 1.92 bits per heavy atom. The second kappa shape index (κ2) is 7.94. The molecule has 0 spiro atoms. The van der Waals surface area contributed by atoms with Gasteiger partial charge >= 0.3 is 12.1 Å². The first kappa shape index (κ1) is 17.2. The lowest BCUT2D eigenvalue weighted by Crippen LogP contribution is -2.35. The Labute approximate surface area is 148 Å². The smallest absolute Gasteiger partial charge is 0.416 e. The summed E-state index contributed by atoms with van der Waals surface area (Å²) >= 11 is 3.82. The van der Waals surface area contributed by atoms with E-state index in [9.17, 15) is 14.4 Å². The van der Waals surface area contributed by atoms with Gasteiger partial charge in [0.1, 0.15) is 6.61 Å². The number of esters is 1. The van der Waals surface area contributed by atoms with Crippen LogP contribution in [0.25, 0.3) is 0 Å². The number of ether oxygens (including phenoxy) is 2. The Balaban J connectivity index is 1.53. The molecule has 2 aliphatic heterocycles. The number of benzene rings is 1. The lowest BCUT2D eigenvalue weighted by molar-refractivity contribution is -0.131. The summed E-state index contributed by atoms with van der Waals surface area (Å²) in [5, 5.41) is 0. The van der Waals surface area contributed by atoms with Gasteiger partial charge in [0.05, 0.1) is 16.7 Å². The van der Waals surface area contributed by atoms with Gasteiger partial charge < -0.3 is 9.47 Å². The molecule has 0 aliphatic carbocycles. The Kier molecular flexibility index (Phi) is 5.68. The molecule has 128 valence electrons. The van der Waals surface area contributed by atoms with Crippen LogP contribution < -0.4 is 0 Å². The van der Waals surface area contributed by atoms with Crippen LogP contribution in [0.2, 0.25) is 0 Å². The van der Waals surface area contributed by atoms with Crippen molar-refractivity contribution in [2.45, 2.75) is 11.0 Å². The summed E-state index contributed by atoms with van der Waals surface area (Å²) in [6, 6.07) is 7.27. The molecule has 0 atom stereocenters. The fraction of sp³-hybridized carbons (Fsp3) is 0.438. The maximum absolute atomic E-state index is 12.0. The number of hydrogen-bond donors (Lipinski definition) is 0. The van der Waals surface area contributed by atoms with Crippen molar-refractivity contribution < 1.29 is 23.9 Å². The van der Waals surface area contributed by atoms with E-state index in [0.29, 0.717) is 10.1 Å². The predicted octanol–water partition coefficient (Wildman–Crippen LogP) is 2.69. The Hall–Kier alpha value is -1.67. The zero-order chi connectivity index (χ0) is 16.9. The summed E-state index contributed by atoms with van der Waals surface area (Å²) in [5.41, 5.74) is 1.57. The highest BCUT2D eigenvalue weighted by molar-refractivity contribution is 8.16. The zero-order valence-electron chi connectivity index (χ0n) is 12.9. The maximum Gasteiger partial charge on any atom is 0.416 e. The number of imide groups is 1. The van der Waals surface area contributed by atoms with Crippen molar-refractivity contribution in [2.24, 2.45) is 0 Å². The summed E-state index contributed by atoms with van der Waals surface area (Å²) in [5.74, 6) is 1.16. The average Bonchev–Trinajstić information content (AvgIpc) is 3.06. The number of carbonyl (C=O) groups is 3. The summed E-state index contributed by atoms with van der Waals surface area (Å²) in [4.78, 5) is 36.0. The molecule has 8 heteroatoms. The van der Waals surface area contributed by atoms with E-state index < -0.39 is 24.6 Å². The molecule has 3 rings (SSSR count). The van der Waals surface area contributed by atoms with Gasteiger partial charge in [-0.2, -0.15) is 0 Å². The van der Waals surface area contributed by atoms with Crippen LogP contribution in [0.15, 0.2) is 24.3 Å². The number of cyclic esters (lactones) is 1. The molecule has 2 fully saturated rings. The second-order valence-corrected chi connectivity index (χ2v) is 8.01. The molecule has 0 N–H and O–H groups in total. The Morgan fingerprint density at radius 1 is 1.21 bits per heavy atom. The van der Waals surface area contributed by atoms with Crippen molar-refractivity contribution >= 4 is 41.5 Å². The second-order valence-electron chi connectivity index (χ2n) is 5.28. The van der Waals surface area contributed by atoms with E-state index in [2.05, 4.69) is 4.74 Å². The molecule has 1 aromatic carbocycles. The first-order valence-corrected chi connectivity index (χ1v) is 9.72. The monoisotopic (exact) mass is 367 g/mol. The minimum absolute atomic E-state index is 0.178. The predicted molar refractivity (Wildman–Crippen MR) is 92.1 cm³/mol. The minimum Gasteiger partial charge on any atom is -0.452 e. The highest BCUT2D eigenvalue weighted by atomic mass is 32.2. The highest BCUT2D eigenvalue weighted by Gasteiger charge is 2.29. The third kappa shape index (κ3) is 4.05. The van der Waals surface area contributed by atoms with Gasteiger partial charge in [-0.15, -0.1) is 23.5 Å². The van der Waals surface area contributed by atoms with Gasteiger partial charge in [0.25, 0.3) is 5.91 Å². The summed E-state index contributed by atoms with van der Waals surface area (Å²) in [7, 11) is 0. The molecule has 2 saturated heterocycles. The molecule has 2 amide bonds. The lowest BCUT2D eigenvalue weighted by Gasteiger charge is -2.21. The van der Waals surface area contributed by atoms with Crippen LogP contribution in [-0.4, -0.2) is 54.1 Å². The van der Waals surface area contributed by atoms with E-state index in [1.165, 1.54) is 12.0 Å². The lowest BCUT2D eigenvalue weighted by atomic mass is 10.1. The van der Waals surface area contributed by atoms with Gasteiger partial charge in [-0.3, -0.25) is 4.79 Å². The van der Waals surface area contributed by atoms with Gasteiger partial charge in [-0.05, 0) is 35.6 Å². The van der Waals surface area contributed by atoms with Crippen LogP contribution in [0.1, 0.15) is 26.9 Å². The summed E-state index contributed by atoms with van der Waals surface area (Å²) in [6.45, 7) is -0.0954. The van der Waals surface area contributed by atoms with Gasteiger partial charge in [0.15, 0.2) is 6.61 Å². The summed E-state index contributed by atoms with van der Waals surface area (Å²) < 4.78 is 10.1. The van der Waals surface area contributed by atoms with Crippen LogP contribution in [0.4, 0.5) is 4.79 Å². The van der Waals surface area contributed by atoms with Gasteiger partial charge in [-0.1, -0.05) is 12.1 Å². The van der Waals surface area contributed by atoms with Crippen LogP contribution in [-0.2, 0) is 14.3 Å². The van der Waals surface area contributed by atoms with Crippen molar-refractivity contribution in [1.29, 1.82) is 0 Å². The van der Waals surface area contributed by atoms with E-state index in [1.807, 2.05) is 35.7 Å². The van der Waals surface area contributed by atoms with Crippen molar-refractivity contribution in [3.8, 4) is 0 Å². The third-order valence-electron chi connectivity index (χ3n) is 3.63. The third-order valence-corrected chi connectivity index (χ3v) is 6.65. The summed E-state index contributed by atoms with van der Waals surface area (Å²) in [6.07, 6.45) is 0.539. The van der Waals surface area contributed by atoms with Crippen molar-refractivity contribution in [1.82, 2.24) is 4.90 Å². The molecule has 0 aromatic heterocycles. The average molecular weight is 367 g/mol. The van der Waals surface area contributed by atoms with Crippen molar-refractivity contribution in [3.05, 3.63) is 35.4 Å². The molecule has 1 aromatic rings. The fourth-order valence-corrected chi connectivity index (χ4v) is 5.26. The molecule has 0 saturated carbocycles. The van der Waals surface area contributed by atoms with Crippen LogP contribution in [0.3, 0.4) is 0 Å². The molecule has 0 bridgehead atoms. The number of amides is 2. The van der Waals surface area contributed by atoms with E-state index in [0.717, 1.165) is 16.4 Å². The van der Waals surface area contributed by atoms with E-state index in [4.69, 9.17) is 4.74 Å². The Morgan fingerprint density at radius 3 is 2.54 bits per heavy atom.